The van der Waals surface area contributed by atoms with Gasteiger partial charge in [-0.1, -0.05) is 133 Å². The molecular formula is C39H26BNO. The van der Waals surface area contributed by atoms with E-state index in [1.54, 1.807) is 0 Å². The largest absolute Gasteiger partial charge is 0.458 e. The van der Waals surface area contributed by atoms with Crippen LogP contribution in [0, 0.1) is 0 Å². The van der Waals surface area contributed by atoms with E-state index in [0.717, 1.165) is 11.5 Å². The summed E-state index contributed by atoms with van der Waals surface area (Å²) in [6, 6.07) is 54.8. The van der Waals surface area contributed by atoms with Gasteiger partial charge < -0.3 is 9.30 Å². The van der Waals surface area contributed by atoms with Crippen molar-refractivity contribution in [3.63, 3.8) is 0 Å². The number of ether oxygens (including phenoxy) is 1. The fourth-order valence-electron chi connectivity index (χ4n) is 7.59. The van der Waals surface area contributed by atoms with Crippen molar-refractivity contribution in [3.05, 3.63) is 180 Å². The van der Waals surface area contributed by atoms with Crippen LogP contribution in [0.4, 0.5) is 0 Å². The third kappa shape index (κ3) is 3.05. The molecule has 1 aromatic heterocycles. The van der Waals surface area contributed by atoms with Crippen molar-refractivity contribution in [2.24, 2.45) is 0 Å². The van der Waals surface area contributed by atoms with Gasteiger partial charge in [-0.2, -0.15) is 0 Å². The number of rotatable bonds is 4. The molecule has 0 unspecified atom stereocenters. The fraction of sp³-hybridized carbons (Fsp3) is 0.0256. The average molecular weight is 535 g/mol. The first-order valence-electron chi connectivity index (χ1n) is 14.6. The third-order valence-corrected chi connectivity index (χ3v) is 9.23. The van der Waals surface area contributed by atoms with Gasteiger partial charge in [-0.25, -0.2) is 0 Å². The van der Waals surface area contributed by atoms with Crippen LogP contribution in [0.15, 0.2) is 158 Å². The summed E-state index contributed by atoms with van der Waals surface area (Å²) < 4.78 is 8.93. The Morgan fingerprint density at radius 2 is 1.05 bits per heavy atom. The van der Waals surface area contributed by atoms with E-state index < -0.39 is 5.41 Å². The van der Waals surface area contributed by atoms with E-state index in [2.05, 4.69) is 162 Å². The van der Waals surface area contributed by atoms with Gasteiger partial charge in [-0.05, 0) is 56.8 Å². The van der Waals surface area contributed by atoms with E-state index in [4.69, 9.17) is 4.74 Å². The van der Waals surface area contributed by atoms with Crippen LogP contribution in [-0.2, 0) is 5.41 Å². The average Bonchev–Trinajstić information content (AvgIpc) is 3.46. The summed E-state index contributed by atoms with van der Waals surface area (Å²) in [5, 5.41) is 1.27. The molecule has 0 amide bonds. The van der Waals surface area contributed by atoms with Crippen LogP contribution in [0.25, 0.3) is 16.6 Å². The molecule has 196 valence electrons. The molecule has 3 heteroatoms. The van der Waals surface area contributed by atoms with Crippen LogP contribution >= 0.6 is 0 Å². The number of nitrogens with zero attached hydrogens (tertiary/aromatic N) is 1. The normalized spacial score (nSPS) is 12.9. The van der Waals surface area contributed by atoms with Crippen LogP contribution in [0.2, 0.25) is 0 Å². The smallest absolute Gasteiger partial charge is 0.256 e. The van der Waals surface area contributed by atoms with Gasteiger partial charge in [0, 0.05) is 22.8 Å². The molecule has 2 aliphatic rings. The van der Waals surface area contributed by atoms with Crippen molar-refractivity contribution in [1.82, 2.24) is 4.57 Å². The van der Waals surface area contributed by atoms with Crippen LogP contribution in [0.3, 0.4) is 0 Å². The Balaban J connectivity index is 1.45. The van der Waals surface area contributed by atoms with Crippen LogP contribution < -0.4 is 21.1 Å². The molecule has 0 fully saturated rings. The van der Waals surface area contributed by atoms with Gasteiger partial charge in [0.1, 0.15) is 11.5 Å². The number of hydrogen-bond acceptors (Lipinski definition) is 1. The molecule has 0 aliphatic carbocycles. The second-order valence-electron chi connectivity index (χ2n) is 11.3. The minimum atomic E-state index is -0.530. The summed E-state index contributed by atoms with van der Waals surface area (Å²) in [5.41, 5.74) is 10.7. The van der Waals surface area contributed by atoms with Gasteiger partial charge in [0.2, 0.25) is 0 Å². The van der Waals surface area contributed by atoms with Crippen molar-refractivity contribution >= 4 is 34.0 Å². The lowest BCUT2D eigenvalue weighted by Crippen LogP contribution is -2.58. The highest BCUT2D eigenvalue weighted by Crippen LogP contribution is 2.48. The van der Waals surface area contributed by atoms with Crippen molar-refractivity contribution in [2.75, 3.05) is 0 Å². The van der Waals surface area contributed by atoms with Crippen LogP contribution in [0.5, 0.6) is 11.5 Å². The number of fused-ring (bicyclic) bond motifs is 4. The predicted molar refractivity (Wildman–Crippen MR) is 173 cm³/mol. The highest BCUT2D eigenvalue weighted by molar-refractivity contribution is 6.99. The molecule has 42 heavy (non-hydrogen) atoms. The Kier molecular flexibility index (Phi) is 4.94. The highest BCUT2D eigenvalue weighted by Gasteiger charge is 2.44. The van der Waals surface area contributed by atoms with E-state index in [1.807, 2.05) is 0 Å². The molecule has 2 aliphatic heterocycles. The second kappa shape index (κ2) is 8.86. The van der Waals surface area contributed by atoms with E-state index in [1.165, 1.54) is 55.2 Å². The quantitative estimate of drug-likeness (QED) is 0.176. The highest BCUT2D eigenvalue weighted by atomic mass is 16.5. The number of aromatic nitrogens is 1. The van der Waals surface area contributed by atoms with E-state index in [0.29, 0.717) is 0 Å². The van der Waals surface area contributed by atoms with Crippen molar-refractivity contribution in [3.8, 4) is 17.2 Å². The lowest BCUT2D eigenvalue weighted by molar-refractivity contribution is 0.487. The molecule has 2 nitrogen and oxygen atoms in total. The molecule has 0 radical (unpaired) electrons. The molecule has 0 spiro atoms. The van der Waals surface area contributed by atoms with Gasteiger partial charge in [-0.15, -0.1) is 0 Å². The first-order chi connectivity index (χ1) is 20.9. The Morgan fingerprint density at radius 3 is 1.71 bits per heavy atom. The number of hydrogen-bond donors (Lipinski definition) is 0. The first-order valence-corrected chi connectivity index (χ1v) is 14.6. The third-order valence-electron chi connectivity index (χ3n) is 9.23. The van der Waals surface area contributed by atoms with E-state index in [-0.39, 0.29) is 6.71 Å². The SMILES string of the molecule is c1ccc(C(c2ccccc2)(c2ccccc2)c2cn3c4c(cccc24)B2c4ccccc4Oc4cccc-3c42)cc1. The zero-order valence-electron chi connectivity index (χ0n) is 22.9. The maximum absolute atomic E-state index is 6.50. The summed E-state index contributed by atoms with van der Waals surface area (Å²) in [5.74, 6) is 1.88. The van der Waals surface area contributed by atoms with Crippen LogP contribution in [0.1, 0.15) is 22.3 Å². The molecule has 0 bridgehead atoms. The predicted octanol–water partition coefficient (Wildman–Crippen LogP) is 6.95. The number of benzene rings is 6. The minimum absolute atomic E-state index is 0.111. The monoisotopic (exact) mass is 535 g/mol. The molecule has 0 N–H and O–H groups in total. The molecule has 3 heterocycles. The Morgan fingerprint density at radius 1 is 0.500 bits per heavy atom. The zero-order valence-corrected chi connectivity index (χ0v) is 22.9. The Bertz CT molecular complexity index is 2020. The van der Waals surface area contributed by atoms with Crippen LogP contribution in [-0.4, -0.2) is 11.3 Å². The van der Waals surface area contributed by atoms with Gasteiger partial charge in [0.15, 0.2) is 0 Å². The van der Waals surface area contributed by atoms with Gasteiger partial charge >= 0.3 is 0 Å². The molecule has 9 rings (SSSR count). The minimum Gasteiger partial charge on any atom is -0.458 e. The summed E-state index contributed by atoms with van der Waals surface area (Å²) in [7, 11) is 0. The molecular weight excluding hydrogens is 509 g/mol. The summed E-state index contributed by atoms with van der Waals surface area (Å²) in [4.78, 5) is 0. The van der Waals surface area contributed by atoms with Crippen molar-refractivity contribution in [1.29, 1.82) is 0 Å². The van der Waals surface area contributed by atoms with Crippen molar-refractivity contribution < 1.29 is 4.74 Å². The molecule has 7 aromatic rings. The summed E-state index contributed by atoms with van der Waals surface area (Å²) in [6.45, 7) is 0.111. The summed E-state index contributed by atoms with van der Waals surface area (Å²) in [6.07, 6.45) is 2.40. The maximum Gasteiger partial charge on any atom is 0.256 e. The van der Waals surface area contributed by atoms with E-state index >= 15 is 0 Å². The lowest BCUT2D eigenvalue weighted by Gasteiger charge is -2.36. The summed E-state index contributed by atoms with van der Waals surface area (Å²) >= 11 is 0. The second-order valence-corrected chi connectivity index (χ2v) is 11.3. The van der Waals surface area contributed by atoms with Gasteiger partial charge in [0.25, 0.3) is 6.71 Å². The zero-order chi connectivity index (χ0) is 27.7. The number of para-hydroxylation sites is 2. The molecule has 0 saturated carbocycles. The van der Waals surface area contributed by atoms with Gasteiger partial charge in [-0.3, -0.25) is 0 Å². The standard InChI is InChI=1S/C39H26BNO/c1-4-14-27(15-5-1)39(28-16-6-2-7-17-28,29-18-8-3-9-19-29)31-26-41-34-23-13-25-36-37(34)40(32-21-10-11-24-35(32)42-36)33-22-12-20-30(31)38(33)41/h1-26H. The Labute approximate surface area is 245 Å². The maximum atomic E-state index is 6.50. The van der Waals surface area contributed by atoms with Gasteiger partial charge in [0.05, 0.1) is 5.41 Å². The first kappa shape index (κ1) is 23.4. The molecule has 0 saturated heterocycles. The van der Waals surface area contributed by atoms with E-state index in [9.17, 15) is 0 Å². The fourth-order valence-corrected chi connectivity index (χ4v) is 7.59. The molecule has 6 aromatic carbocycles. The topological polar surface area (TPSA) is 14.2 Å². The molecule has 0 atom stereocenters. The lowest BCUT2D eigenvalue weighted by atomic mass is 9.34. The van der Waals surface area contributed by atoms with Crippen molar-refractivity contribution in [2.45, 2.75) is 5.41 Å². The Hall–Kier alpha value is -5.28.